The highest BCUT2D eigenvalue weighted by atomic mass is 19.1. The molecule has 0 bridgehead atoms. The highest BCUT2D eigenvalue weighted by Crippen LogP contribution is 2.15. The summed E-state index contributed by atoms with van der Waals surface area (Å²) in [6.45, 7) is 8.04. The molecule has 0 aromatic heterocycles. The van der Waals surface area contributed by atoms with Crippen molar-refractivity contribution in [2.75, 3.05) is 26.2 Å². The van der Waals surface area contributed by atoms with E-state index in [9.17, 15) is 9.18 Å². The van der Waals surface area contributed by atoms with Crippen LogP contribution < -0.4 is 5.32 Å². The molecule has 0 radical (unpaired) electrons. The minimum absolute atomic E-state index is 0.0133. The zero-order valence-electron chi connectivity index (χ0n) is 16.8. The third-order valence-electron chi connectivity index (χ3n) is 5.56. The Kier molecular flexibility index (Phi) is 7.18. The number of nitrogens with zero attached hydrogens (tertiary/aromatic N) is 2. The molecule has 0 spiro atoms. The van der Waals surface area contributed by atoms with E-state index in [1.54, 1.807) is 6.07 Å². The van der Waals surface area contributed by atoms with Gasteiger partial charge in [-0.15, -0.1) is 0 Å². The maximum atomic E-state index is 13.9. The fourth-order valence-corrected chi connectivity index (χ4v) is 3.73. The number of hydrogen-bond acceptors (Lipinski definition) is 3. The van der Waals surface area contributed by atoms with Crippen LogP contribution in [-0.2, 0) is 11.3 Å². The van der Waals surface area contributed by atoms with Gasteiger partial charge in [-0.1, -0.05) is 48.5 Å². The average molecular weight is 384 g/mol. The number of amides is 1. The molecule has 1 N–H and O–H groups in total. The van der Waals surface area contributed by atoms with Crippen molar-refractivity contribution in [3.05, 3.63) is 71.5 Å². The average Bonchev–Trinajstić information content (AvgIpc) is 2.95. The Hall–Kier alpha value is -2.24. The number of rotatable bonds is 6. The first-order valence-electron chi connectivity index (χ1n) is 10.1. The summed E-state index contributed by atoms with van der Waals surface area (Å²) in [5.41, 5.74) is 1.84. The van der Waals surface area contributed by atoms with Gasteiger partial charge in [0, 0.05) is 31.7 Å². The zero-order valence-corrected chi connectivity index (χ0v) is 16.8. The molecule has 5 heteroatoms. The number of halogens is 1. The van der Waals surface area contributed by atoms with E-state index >= 15 is 0 Å². The Morgan fingerprint density at radius 3 is 2.46 bits per heavy atom. The molecule has 2 atom stereocenters. The molecule has 3 rings (SSSR count). The molecule has 0 aliphatic carbocycles. The molecular weight excluding hydrogens is 353 g/mol. The van der Waals surface area contributed by atoms with Crippen molar-refractivity contribution in [2.24, 2.45) is 0 Å². The zero-order chi connectivity index (χ0) is 19.9. The summed E-state index contributed by atoms with van der Waals surface area (Å²) in [4.78, 5) is 17.2. The van der Waals surface area contributed by atoms with Gasteiger partial charge in [0.2, 0.25) is 5.91 Å². The van der Waals surface area contributed by atoms with E-state index in [4.69, 9.17) is 0 Å². The molecule has 4 nitrogen and oxygen atoms in total. The predicted octanol–water partition coefficient (Wildman–Crippen LogP) is 3.60. The highest BCUT2D eigenvalue weighted by molar-refractivity contribution is 5.81. The lowest BCUT2D eigenvalue weighted by Crippen LogP contribution is -2.47. The van der Waals surface area contributed by atoms with Gasteiger partial charge in [-0.3, -0.25) is 14.6 Å². The lowest BCUT2D eigenvalue weighted by Gasteiger charge is -2.28. The second-order valence-corrected chi connectivity index (χ2v) is 7.57. The number of carbonyl (C=O) groups is 1. The standard InChI is InChI=1S/C23H30FN3O/c1-18(20-9-4-3-5-10-20)25-23(28)19(2)27-14-8-13-26(15-16-27)17-21-11-6-7-12-22(21)24/h3-7,9-12,18-19H,8,13-17H2,1-2H3,(H,25,28). The Labute approximate surface area is 167 Å². The van der Waals surface area contributed by atoms with Crippen molar-refractivity contribution in [2.45, 2.75) is 38.9 Å². The third-order valence-corrected chi connectivity index (χ3v) is 5.56. The molecule has 1 amide bonds. The van der Waals surface area contributed by atoms with Crippen molar-refractivity contribution < 1.29 is 9.18 Å². The van der Waals surface area contributed by atoms with E-state index < -0.39 is 0 Å². The summed E-state index contributed by atoms with van der Waals surface area (Å²) in [6.07, 6.45) is 0.973. The molecule has 1 saturated heterocycles. The Morgan fingerprint density at radius 1 is 1.00 bits per heavy atom. The van der Waals surface area contributed by atoms with Crippen LogP contribution in [0.3, 0.4) is 0 Å². The molecule has 2 unspecified atom stereocenters. The molecular formula is C23H30FN3O. The molecule has 150 valence electrons. The van der Waals surface area contributed by atoms with E-state index in [0.29, 0.717) is 6.54 Å². The number of carbonyl (C=O) groups excluding carboxylic acids is 1. The Bertz CT molecular complexity index is 767. The van der Waals surface area contributed by atoms with Gasteiger partial charge in [-0.05, 0) is 38.4 Å². The summed E-state index contributed by atoms with van der Waals surface area (Å²) in [7, 11) is 0. The second-order valence-electron chi connectivity index (χ2n) is 7.57. The van der Waals surface area contributed by atoms with Crippen molar-refractivity contribution in [3.63, 3.8) is 0 Å². The first kappa shape index (κ1) is 20.5. The summed E-state index contributed by atoms with van der Waals surface area (Å²) < 4.78 is 13.9. The molecule has 1 fully saturated rings. The summed E-state index contributed by atoms with van der Waals surface area (Å²) in [6, 6.07) is 16.8. The molecule has 0 saturated carbocycles. The topological polar surface area (TPSA) is 35.6 Å². The summed E-state index contributed by atoms with van der Waals surface area (Å²) in [5.74, 6) is -0.0924. The minimum atomic E-state index is -0.181. The van der Waals surface area contributed by atoms with Crippen molar-refractivity contribution >= 4 is 5.91 Å². The molecule has 2 aromatic carbocycles. The van der Waals surface area contributed by atoms with E-state index in [1.165, 1.54) is 6.07 Å². The van der Waals surface area contributed by atoms with Crippen molar-refractivity contribution in [1.29, 1.82) is 0 Å². The van der Waals surface area contributed by atoms with E-state index in [-0.39, 0.29) is 23.8 Å². The van der Waals surface area contributed by atoms with Crippen molar-refractivity contribution in [3.8, 4) is 0 Å². The number of nitrogens with one attached hydrogen (secondary N) is 1. The van der Waals surface area contributed by atoms with Gasteiger partial charge in [0.05, 0.1) is 12.1 Å². The second kappa shape index (κ2) is 9.80. The normalized spacial score (nSPS) is 18.2. The highest BCUT2D eigenvalue weighted by Gasteiger charge is 2.25. The maximum Gasteiger partial charge on any atom is 0.237 e. The lowest BCUT2D eigenvalue weighted by atomic mass is 10.1. The quantitative estimate of drug-likeness (QED) is 0.828. The third kappa shape index (κ3) is 5.40. The first-order chi connectivity index (χ1) is 13.5. The van der Waals surface area contributed by atoms with Crippen LogP contribution in [0.15, 0.2) is 54.6 Å². The van der Waals surface area contributed by atoms with Gasteiger partial charge in [-0.2, -0.15) is 0 Å². The van der Waals surface area contributed by atoms with E-state index in [2.05, 4.69) is 15.1 Å². The monoisotopic (exact) mass is 383 g/mol. The number of benzene rings is 2. The maximum absolute atomic E-state index is 13.9. The molecule has 28 heavy (non-hydrogen) atoms. The molecule has 2 aromatic rings. The van der Waals surface area contributed by atoms with E-state index in [0.717, 1.165) is 43.7 Å². The van der Waals surface area contributed by atoms with Crippen LogP contribution in [0.4, 0.5) is 4.39 Å². The van der Waals surface area contributed by atoms with Crippen LogP contribution in [0.25, 0.3) is 0 Å². The lowest BCUT2D eigenvalue weighted by molar-refractivity contribution is -0.126. The van der Waals surface area contributed by atoms with Gasteiger partial charge in [0.1, 0.15) is 5.82 Å². The minimum Gasteiger partial charge on any atom is -0.348 e. The summed E-state index contributed by atoms with van der Waals surface area (Å²) >= 11 is 0. The molecule has 1 aliphatic heterocycles. The fourth-order valence-electron chi connectivity index (χ4n) is 3.73. The summed E-state index contributed by atoms with van der Waals surface area (Å²) in [5, 5.41) is 3.13. The van der Waals surface area contributed by atoms with Crippen LogP contribution in [0.1, 0.15) is 37.4 Å². The van der Waals surface area contributed by atoms with Gasteiger partial charge >= 0.3 is 0 Å². The van der Waals surface area contributed by atoms with Crippen LogP contribution in [-0.4, -0.2) is 47.9 Å². The fraction of sp³-hybridized carbons (Fsp3) is 0.435. The van der Waals surface area contributed by atoms with E-state index in [1.807, 2.05) is 56.3 Å². The number of hydrogen-bond donors (Lipinski definition) is 1. The first-order valence-corrected chi connectivity index (χ1v) is 10.1. The molecule has 1 aliphatic rings. The van der Waals surface area contributed by atoms with Crippen molar-refractivity contribution in [1.82, 2.24) is 15.1 Å². The van der Waals surface area contributed by atoms with Gasteiger partial charge in [-0.25, -0.2) is 4.39 Å². The van der Waals surface area contributed by atoms with Crippen LogP contribution in [0.5, 0.6) is 0 Å². The SMILES string of the molecule is CC(NC(=O)C(C)N1CCCN(Cc2ccccc2F)CC1)c1ccccc1. The van der Waals surface area contributed by atoms with Crippen LogP contribution in [0, 0.1) is 5.82 Å². The largest absolute Gasteiger partial charge is 0.348 e. The van der Waals surface area contributed by atoms with Gasteiger partial charge < -0.3 is 5.32 Å². The van der Waals surface area contributed by atoms with Crippen LogP contribution >= 0.6 is 0 Å². The van der Waals surface area contributed by atoms with Crippen LogP contribution in [0.2, 0.25) is 0 Å². The Morgan fingerprint density at radius 2 is 1.71 bits per heavy atom. The van der Waals surface area contributed by atoms with Gasteiger partial charge in [0.25, 0.3) is 0 Å². The molecule has 1 heterocycles. The Balaban J connectivity index is 1.52. The smallest absolute Gasteiger partial charge is 0.237 e. The van der Waals surface area contributed by atoms with Gasteiger partial charge in [0.15, 0.2) is 0 Å². The predicted molar refractivity (Wildman–Crippen MR) is 110 cm³/mol.